The highest BCUT2D eigenvalue weighted by Crippen LogP contribution is 2.10. The SMILES string of the molecule is C=CCBr.C=CCOC(=O)[C@@H](C)CCCCN=[N+]=[N-].C[C@@H](CCCCN=[N+]=[N-])C(=O)O. The topological polar surface area (TPSA) is 161 Å². The number of hydrogen-bond donors (Lipinski definition) is 1. The summed E-state index contributed by atoms with van der Waals surface area (Å²) in [4.78, 5) is 26.9. The van der Waals surface area contributed by atoms with E-state index in [-0.39, 0.29) is 24.4 Å². The van der Waals surface area contributed by atoms with Crippen LogP contribution in [-0.2, 0) is 14.3 Å². The molecule has 31 heavy (non-hydrogen) atoms. The predicted molar refractivity (Wildman–Crippen MR) is 127 cm³/mol. The Morgan fingerprint density at radius 2 is 1.45 bits per heavy atom. The number of rotatable bonds is 15. The highest BCUT2D eigenvalue weighted by atomic mass is 79.9. The van der Waals surface area contributed by atoms with Crippen molar-refractivity contribution in [3.8, 4) is 0 Å². The molecule has 0 amide bonds. The summed E-state index contributed by atoms with van der Waals surface area (Å²) in [5.74, 6) is -1.36. The Labute approximate surface area is 193 Å². The van der Waals surface area contributed by atoms with Gasteiger partial charge in [0.1, 0.15) is 6.61 Å². The van der Waals surface area contributed by atoms with E-state index in [0.29, 0.717) is 19.5 Å². The molecule has 0 rings (SSSR count). The monoisotopic (exact) mass is 502 g/mol. The maximum Gasteiger partial charge on any atom is 0.308 e. The van der Waals surface area contributed by atoms with Crippen molar-refractivity contribution in [3.63, 3.8) is 0 Å². The number of aliphatic carboxylic acids is 1. The molecule has 0 radical (unpaired) electrons. The van der Waals surface area contributed by atoms with Gasteiger partial charge >= 0.3 is 11.9 Å². The van der Waals surface area contributed by atoms with Crippen LogP contribution in [0.2, 0.25) is 0 Å². The third-order valence-corrected chi connectivity index (χ3v) is 4.15. The van der Waals surface area contributed by atoms with Crippen LogP contribution >= 0.6 is 15.9 Å². The van der Waals surface area contributed by atoms with E-state index in [1.807, 2.05) is 6.92 Å². The Morgan fingerprint density at radius 3 is 1.81 bits per heavy atom. The van der Waals surface area contributed by atoms with E-state index in [2.05, 4.69) is 49.1 Å². The van der Waals surface area contributed by atoms with E-state index in [9.17, 15) is 9.59 Å². The van der Waals surface area contributed by atoms with E-state index in [0.717, 1.165) is 37.4 Å². The molecule has 0 bridgehead atoms. The number of carboxylic acids is 1. The summed E-state index contributed by atoms with van der Waals surface area (Å²) in [5.41, 5.74) is 16.0. The molecule has 0 aliphatic heterocycles. The van der Waals surface area contributed by atoms with Crippen molar-refractivity contribution in [2.75, 3.05) is 25.0 Å². The van der Waals surface area contributed by atoms with Crippen LogP contribution in [0.3, 0.4) is 0 Å². The zero-order valence-corrected chi connectivity index (χ0v) is 20.1. The summed E-state index contributed by atoms with van der Waals surface area (Å²) in [6, 6.07) is 0. The average Bonchev–Trinajstić information content (AvgIpc) is 2.77. The van der Waals surface area contributed by atoms with Crippen molar-refractivity contribution in [2.24, 2.45) is 22.1 Å². The van der Waals surface area contributed by atoms with Gasteiger partial charge in [-0.05, 0) is 36.7 Å². The van der Waals surface area contributed by atoms with Crippen molar-refractivity contribution >= 4 is 27.9 Å². The quantitative estimate of drug-likeness (QED) is 0.0508. The number of ether oxygens (including phenoxy) is 1. The van der Waals surface area contributed by atoms with Gasteiger partial charge in [0.25, 0.3) is 0 Å². The zero-order valence-electron chi connectivity index (χ0n) is 18.5. The van der Waals surface area contributed by atoms with E-state index < -0.39 is 5.97 Å². The Bertz CT molecular complexity index is 590. The second-order valence-corrected chi connectivity index (χ2v) is 7.05. The Morgan fingerprint density at radius 1 is 1.00 bits per heavy atom. The number of nitrogens with zero attached hydrogens (tertiary/aromatic N) is 6. The number of carboxylic acid groups (broad SMARTS) is 1. The molecule has 0 aromatic heterocycles. The number of hydrogen-bond acceptors (Lipinski definition) is 5. The van der Waals surface area contributed by atoms with Crippen molar-refractivity contribution < 1.29 is 19.4 Å². The molecule has 0 fully saturated rings. The molecular formula is C20H35BrN6O4. The number of allylic oxidation sites excluding steroid dienone is 1. The van der Waals surface area contributed by atoms with Gasteiger partial charge in [-0.25, -0.2) is 0 Å². The summed E-state index contributed by atoms with van der Waals surface area (Å²) < 4.78 is 4.89. The minimum Gasteiger partial charge on any atom is -0.481 e. The third-order valence-electron chi connectivity index (χ3n) is 3.69. The molecule has 11 heteroatoms. The Hall–Kier alpha value is -2.48. The molecule has 176 valence electrons. The van der Waals surface area contributed by atoms with Crippen LogP contribution in [0, 0.1) is 11.8 Å². The summed E-state index contributed by atoms with van der Waals surface area (Å²) >= 11 is 3.13. The third kappa shape index (κ3) is 29.8. The van der Waals surface area contributed by atoms with Gasteiger partial charge < -0.3 is 9.84 Å². The largest absolute Gasteiger partial charge is 0.481 e. The zero-order chi connectivity index (χ0) is 24.3. The Balaban J connectivity index is -0.000000438. The maximum atomic E-state index is 11.3. The first-order valence-corrected chi connectivity index (χ1v) is 11.1. The normalized spacial score (nSPS) is 10.8. The number of alkyl halides is 1. The molecular weight excluding hydrogens is 468 g/mol. The lowest BCUT2D eigenvalue weighted by Crippen LogP contribution is -2.14. The standard InChI is InChI=1S/C10H17N3O2.C7H13N3O2.C3H5Br/c1-3-8-15-10(14)9(2)6-4-5-7-12-13-11;1-6(7(11)12)4-2-3-5-9-10-8;1-2-3-4/h3,9H,1,4-8H2,2H3;6H,2-5H2,1H3,(H,11,12);2H,1,3H2/t9-;6-;/m00./s1. The van der Waals surface area contributed by atoms with Crippen molar-refractivity contribution in [3.05, 3.63) is 46.2 Å². The van der Waals surface area contributed by atoms with Crippen molar-refractivity contribution in [2.45, 2.75) is 52.4 Å². The molecule has 0 saturated carbocycles. The summed E-state index contributed by atoms with van der Waals surface area (Å²) in [5, 5.41) is 16.2. The van der Waals surface area contributed by atoms with Crippen LogP contribution < -0.4 is 0 Å². The summed E-state index contributed by atoms with van der Waals surface area (Å²) in [7, 11) is 0. The fraction of sp³-hybridized carbons (Fsp3) is 0.700. The lowest BCUT2D eigenvalue weighted by molar-refractivity contribution is -0.147. The summed E-state index contributed by atoms with van der Waals surface area (Å²) in [6.07, 6.45) is 7.99. The molecule has 1 N–H and O–H groups in total. The van der Waals surface area contributed by atoms with Crippen molar-refractivity contribution in [1.82, 2.24) is 0 Å². The molecule has 0 saturated heterocycles. The van der Waals surface area contributed by atoms with Gasteiger partial charge in [0.15, 0.2) is 0 Å². The average molecular weight is 503 g/mol. The van der Waals surface area contributed by atoms with Crippen molar-refractivity contribution in [1.29, 1.82) is 0 Å². The molecule has 0 aromatic carbocycles. The van der Waals surface area contributed by atoms with Crippen LogP contribution in [0.4, 0.5) is 0 Å². The van der Waals surface area contributed by atoms with E-state index in [4.69, 9.17) is 20.9 Å². The number of carbonyl (C=O) groups is 2. The minimum absolute atomic E-state index is 0.101. The fourth-order valence-corrected chi connectivity index (χ4v) is 1.88. The molecule has 0 heterocycles. The number of carbonyl (C=O) groups excluding carboxylic acids is 1. The van der Waals surface area contributed by atoms with Crippen LogP contribution in [0.1, 0.15) is 52.4 Å². The predicted octanol–water partition coefficient (Wildman–Crippen LogP) is 6.59. The number of unbranched alkanes of at least 4 members (excludes halogenated alkanes) is 2. The van der Waals surface area contributed by atoms with Crippen LogP contribution in [0.25, 0.3) is 20.9 Å². The van der Waals surface area contributed by atoms with Gasteiger partial charge in [0.2, 0.25) is 0 Å². The molecule has 0 unspecified atom stereocenters. The van der Waals surface area contributed by atoms with Crippen LogP contribution in [0.15, 0.2) is 35.5 Å². The van der Waals surface area contributed by atoms with Gasteiger partial charge in [-0.3, -0.25) is 9.59 Å². The van der Waals surface area contributed by atoms with Gasteiger partial charge in [0.05, 0.1) is 11.8 Å². The summed E-state index contributed by atoms with van der Waals surface area (Å²) in [6.45, 7) is 11.6. The van der Waals surface area contributed by atoms with Crippen LogP contribution in [0.5, 0.6) is 0 Å². The highest BCUT2D eigenvalue weighted by Gasteiger charge is 2.12. The molecule has 2 atom stereocenters. The van der Waals surface area contributed by atoms with Gasteiger partial charge in [-0.15, -0.1) is 6.58 Å². The molecule has 0 aliphatic carbocycles. The van der Waals surface area contributed by atoms with Gasteiger partial charge in [0, 0.05) is 28.2 Å². The molecule has 0 aromatic rings. The number of esters is 1. The van der Waals surface area contributed by atoms with E-state index in [1.54, 1.807) is 19.1 Å². The second-order valence-electron chi connectivity index (χ2n) is 6.40. The van der Waals surface area contributed by atoms with Crippen LogP contribution in [-0.4, -0.2) is 42.1 Å². The molecule has 0 aliphatic rings. The first-order valence-electron chi connectivity index (χ1n) is 10.0. The lowest BCUT2D eigenvalue weighted by atomic mass is 10.0. The highest BCUT2D eigenvalue weighted by molar-refractivity contribution is 9.09. The first-order chi connectivity index (χ1) is 14.8. The number of azide groups is 2. The van der Waals surface area contributed by atoms with Gasteiger partial charge in [-0.1, -0.05) is 71.6 Å². The lowest BCUT2D eigenvalue weighted by Gasteiger charge is -2.09. The first kappa shape index (κ1) is 33.2. The Kier molecular flexibility index (Phi) is 29.4. The maximum absolute atomic E-state index is 11.3. The minimum atomic E-state index is -0.765. The molecule has 10 nitrogen and oxygen atoms in total. The molecule has 0 spiro atoms. The number of halogens is 1. The van der Waals surface area contributed by atoms with E-state index >= 15 is 0 Å². The smallest absolute Gasteiger partial charge is 0.308 e. The fourth-order valence-electron chi connectivity index (χ4n) is 1.88. The van der Waals surface area contributed by atoms with E-state index in [1.165, 1.54) is 0 Å². The second kappa shape index (κ2) is 27.5. The van der Waals surface area contributed by atoms with Gasteiger partial charge in [-0.2, -0.15) is 0 Å².